The van der Waals surface area contributed by atoms with E-state index < -0.39 is 6.04 Å². The molecule has 0 aromatic heterocycles. The molecule has 1 fully saturated rings. The van der Waals surface area contributed by atoms with Crippen LogP contribution in [0.15, 0.2) is 0 Å². The molecule has 0 saturated carbocycles. The first-order valence-electron chi connectivity index (χ1n) is 5.01. The van der Waals surface area contributed by atoms with Crippen LogP contribution < -0.4 is 5.73 Å². The van der Waals surface area contributed by atoms with Crippen LogP contribution in [0.1, 0.15) is 26.7 Å². The minimum atomic E-state index is -0.496. The highest BCUT2D eigenvalue weighted by Gasteiger charge is 2.32. The van der Waals surface area contributed by atoms with Crippen molar-refractivity contribution >= 4 is 12.2 Å². The standard InChI is InChI=1S/C10H17N2O2/c1-7(2)9(11)10(14)12-5-3-4-8(12)6-13/h7-9H,3-5,11H2,1-2H3. The predicted molar refractivity (Wildman–Crippen MR) is 53.2 cm³/mol. The summed E-state index contributed by atoms with van der Waals surface area (Å²) in [5, 5.41) is 0. The van der Waals surface area contributed by atoms with Gasteiger partial charge in [-0.15, -0.1) is 0 Å². The second-order valence-electron chi connectivity index (χ2n) is 4.08. The highest BCUT2D eigenvalue weighted by molar-refractivity contribution is 5.85. The second kappa shape index (κ2) is 4.55. The molecule has 2 atom stereocenters. The summed E-state index contributed by atoms with van der Waals surface area (Å²) < 4.78 is 0. The zero-order chi connectivity index (χ0) is 10.7. The Labute approximate surface area is 84.4 Å². The van der Waals surface area contributed by atoms with E-state index >= 15 is 0 Å². The van der Waals surface area contributed by atoms with Crippen molar-refractivity contribution in [1.29, 1.82) is 0 Å². The summed E-state index contributed by atoms with van der Waals surface area (Å²) in [5.74, 6) is -0.0127. The van der Waals surface area contributed by atoms with Crippen LogP contribution in [0.2, 0.25) is 0 Å². The molecule has 14 heavy (non-hydrogen) atoms. The molecule has 1 saturated heterocycles. The van der Waals surface area contributed by atoms with Crippen molar-refractivity contribution in [3.05, 3.63) is 0 Å². The molecule has 4 nitrogen and oxygen atoms in total. The minimum Gasteiger partial charge on any atom is -0.331 e. The SMILES string of the molecule is CC(C)C(N)C(=O)N1CCCC1[C]=O. The second-order valence-corrected chi connectivity index (χ2v) is 4.08. The average molecular weight is 197 g/mol. The molecule has 0 bridgehead atoms. The molecule has 0 aliphatic carbocycles. The van der Waals surface area contributed by atoms with Crippen molar-refractivity contribution < 1.29 is 9.59 Å². The first-order chi connectivity index (χ1) is 6.57. The van der Waals surface area contributed by atoms with Crippen LogP contribution in [-0.2, 0) is 9.59 Å². The Bertz CT molecular complexity index is 228. The van der Waals surface area contributed by atoms with Crippen LogP contribution in [0.5, 0.6) is 0 Å². The van der Waals surface area contributed by atoms with Gasteiger partial charge >= 0.3 is 0 Å². The topological polar surface area (TPSA) is 63.4 Å². The van der Waals surface area contributed by atoms with E-state index in [1.165, 1.54) is 0 Å². The Morgan fingerprint density at radius 1 is 1.57 bits per heavy atom. The van der Waals surface area contributed by atoms with E-state index in [2.05, 4.69) is 0 Å². The van der Waals surface area contributed by atoms with Gasteiger partial charge in [-0.1, -0.05) is 13.8 Å². The van der Waals surface area contributed by atoms with E-state index in [4.69, 9.17) is 5.73 Å². The lowest BCUT2D eigenvalue weighted by atomic mass is 10.0. The largest absolute Gasteiger partial charge is 0.331 e. The van der Waals surface area contributed by atoms with E-state index in [1.807, 2.05) is 20.1 Å². The van der Waals surface area contributed by atoms with Gasteiger partial charge in [0.05, 0.1) is 12.1 Å². The molecule has 1 amide bonds. The fourth-order valence-electron chi connectivity index (χ4n) is 1.63. The number of amides is 1. The lowest BCUT2D eigenvalue weighted by molar-refractivity contribution is -0.133. The van der Waals surface area contributed by atoms with Crippen LogP contribution in [-0.4, -0.2) is 35.7 Å². The molecule has 79 valence electrons. The summed E-state index contributed by atoms with van der Waals surface area (Å²) in [7, 11) is 0. The van der Waals surface area contributed by atoms with Gasteiger partial charge in [0.2, 0.25) is 12.2 Å². The molecule has 0 aromatic rings. The van der Waals surface area contributed by atoms with Crippen LogP contribution in [0, 0.1) is 5.92 Å². The zero-order valence-corrected chi connectivity index (χ0v) is 8.69. The van der Waals surface area contributed by atoms with Crippen molar-refractivity contribution in [2.75, 3.05) is 6.54 Å². The third kappa shape index (κ3) is 2.12. The van der Waals surface area contributed by atoms with Crippen molar-refractivity contribution in [2.24, 2.45) is 11.7 Å². The van der Waals surface area contributed by atoms with Crippen molar-refractivity contribution in [1.82, 2.24) is 4.90 Å². The number of nitrogens with zero attached hydrogens (tertiary/aromatic N) is 1. The van der Waals surface area contributed by atoms with Gasteiger partial charge in [0.25, 0.3) is 0 Å². The van der Waals surface area contributed by atoms with Crippen molar-refractivity contribution in [3.8, 4) is 0 Å². The van der Waals surface area contributed by atoms with Gasteiger partial charge in [0.1, 0.15) is 0 Å². The van der Waals surface area contributed by atoms with Crippen LogP contribution in [0.3, 0.4) is 0 Å². The first-order valence-corrected chi connectivity index (χ1v) is 5.01. The van der Waals surface area contributed by atoms with Crippen LogP contribution in [0.25, 0.3) is 0 Å². The Kier molecular flexibility index (Phi) is 3.63. The number of rotatable bonds is 3. The molecule has 1 heterocycles. The van der Waals surface area contributed by atoms with Gasteiger partial charge in [-0.05, 0) is 18.8 Å². The maximum absolute atomic E-state index is 11.8. The zero-order valence-electron chi connectivity index (χ0n) is 8.69. The number of likely N-dealkylation sites (tertiary alicyclic amines) is 1. The van der Waals surface area contributed by atoms with Gasteiger partial charge in [-0.2, -0.15) is 0 Å². The molecular weight excluding hydrogens is 180 g/mol. The van der Waals surface area contributed by atoms with Gasteiger partial charge < -0.3 is 10.6 Å². The molecular formula is C10H17N2O2. The van der Waals surface area contributed by atoms with Gasteiger partial charge in [-0.25, -0.2) is 0 Å². The molecule has 1 aliphatic rings. The molecule has 4 heteroatoms. The average Bonchev–Trinajstić information content (AvgIpc) is 2.62. The monoisotopic (exact) mass is 197 g/mol. The van der Waals surface area contributed by atoms with Crippen LogP contribution >= 0.6 is 0 Å². The normalized spacial score (nSPS) is 24.0. The number of carbonyl (C=O) groups is 1. The van der Waals surface area contributed by atoms with E-state index in [1.54, 1.807) is 4.90 Å². The smallest absolute Gasteiger partial charge is 0.240 e. The maximum atomic E-state index is 11.8. The number of carbonyl (C=O) groups excluding carboxylic acids is 2. The highest BCUT2D eigenvalue weighted by atomic mass is 16.2. The molecule has 1 aliphatic heterocycles. The summed E-state index contributed by atoms with van der Waals surface area (Å²) in [6, 6.07) is -0.865. The summed E-state index contributed by atoms with van der Waals surface area (Å²) in [6.07, 6.45) is 3.48. The first kappa shape index (κ1) is 11.2. The number of nitrogens with two attached hydrogens (primary N) is 1. The minimum absolute atomic E-state index is 0.107. The highest BCUT2D eigenvalue weighted by Crippen LogP contribution is 2.17. The third-order valence-electron chi connectivity index (χ3n) is 2.68. The third-order valence-corrected chi connectivity index (χ3v) is 2.68. The van der Waals surface area contributed by atoms with Crippen molar-refractivity contribution in [2.45, 2.75) is 38.8 Å². The lowest BCUT2D eigenvalue weighted by Crippen LogP contribution is -2.48. The Hall–Kier alpha value is -0.900. The van der Waals surface area contributed by atoms with E-state index in [9.17, 15) is 9.59 Å². The summed E-state index contributed by atoms with van der Waals surface area (Å²) in [4.78, 5) is 23.9. The molecule has 2 N–H and O–H groups in total. The van der Waals surface area contributed by atoms with Crippen LogP contribution in [0.4, 0.5) is 0 Å². The Balaban J connectivity index is 2.64. The summed E-state index contributed by atoms with van der Waals surface area (Å²) in [6.45, 7) is 4.44. The van der Waals surface area contributed by atoms with E-state index in [0.29, 0.717) is 6.54 Å². The molecule has 2 unspecified atom stereocenters. The molecule has 1 rings (SSSR count). The predicted octanol–water partition coefficient (Wildman–Crippen LogP) is 0.0704. The van der Waals surface area contributed by atoms with Gasteiger partial charge in [-0.3, -0.25) is 9.59 Å². The molecule has 0 aromatic carbocycles. The van der Waals surface area contributed by atoms with E-state index in [-0.39, 0.29) is 17.9 Å². The van der Waals surface area contributed by atoms with E-state index in [0.717, 1.165) is 12.8 Å². The van der Waals surface area contributed by atoms with Crippen molar-refractivity contribution in [3.63, 3.8) is 0 Å². The Morgan fingerprint density at radius 2 is 2.21 bits per heavy atom. The lowest BCUT2D eigenvalue weighted by Gasteiger charge is -2.25. The molecule has 1 radical (unpaired) electrons. The summed E-state index contributed by atoms with van der Waals surface area (Å²) in [5.41, 5.74) is 5.74. The van der Waals surface area contributed by atoms with Gasteiger partial charge in [0, 0.05) is 6.54 Å². The maximum Gasteiger partial charge on any atom is 0.240 e. The number of hydrogen-bond donors (Lipinski definition) is 1. The Morgan fingerprint density at radius 3 is 2.71 bits per heavy atom. The van der Waals surface area contributed by atoms with Gasteiger partial charge in [0.15, 0.2) is 0 Å². The fraction of sp³-hybridized carbons (Fsp3) is 0.800. The molecule has 0 spiro atoms. The number of hydrogen-bond acceptors (Lipinski definition) is 3. The summed E-state index contributed by atoms with van der Waals surface area (Å²) >= 11 is 0. The quantitative estimate of drug-likeness (QED) is 0.696. The fourth-order valence-corrected chi connectivity index (χ4v) is 1.63.